The standard InChI is InChI=1S/C24H30ClN3O/c1-2-6-22-19(9-10-23(25)27-22)20-15-26-16-21(20)24(29)28-13-11-18(12-14-28)17-7-4-3-5-8-17/h3-5,7-10,18,20-21,26H,2,6,11-16H2,1H3/t20-,21?/m0/s1. The van der Waals surface area contributed by atoms with E-state index in [-0.39, 0.29) is 11.8 Å². The SMILES string of the molecule is CCCc1nc(Cl)ccc1[C@@H]1CNCC1C(=O)N1CCC(c2ccccc2)CC1. The van der Waals surface area contributed by atoms with Gasteiger partial charge in [0.2, 0.25) is 5.91 Å². The molecule has 4 nitrogen and oxygen atoms in total. The van der Waals surface area contributed by atoms with Gasteiger partial charge in [-0.05, 0) is 42.4 Å². The topological polar surface area (TPSA) is 45.2 Å². The fraction of sp³-hybridized carbons (Fsp3) is 0.500. The first kappa shape index (κ1) is 20.4. The number of nitrogens with one attached hydrogen (secondary N) is 1. The van der Waals surface area contributed by atoms with E-state index in [2.05, 4.69) is 58.5 Å². The van der Waals surface area contributed by atoms with Crippen LogP contribution in [0.2, 0.25) is 5.15 Å². The van der Waals surface area contributed by atoms with Crippen molar-refractivity contribution in [1.82, 2.24) is 15.2 Å². The fourth-order valence-corrected chi connectivity index (χ4v) is 5.08. The van der Waals surface area contributed by atoms with Crippen LogP contribution in [0.4, 0.5) is 0 Å². The first-order chi connectivity index (χ1) is 14.2. The van der Waals surface area contributed by atoms with Crippen molar-refractivity contribution in [3.8, 4) is 0 Å². The number of rotatable bonds is 5. The predicted octanol–water partition coefficient (Wildman–Crippen LogP) is 4.40. The van der Waals surface area contributed by atoms with E-state index in [1.807, 2.05) is 6.07 Å². The van der Waals surface area contributed by atoms with Crippen molar-refractivity contribution in [1.29, 1.82) is 0 Å². The second-order valence-corrected chi connectivity index (χ2v) is 8.69. The highest BCUT2D eigenvalue weighted by Crippen LogP contribution is 2.34. The molecule has 3 heterocycles. The number of pyridine rings is 1. The minimum Gasteiger partial charge on any atom is -0.342 e. The van der Waals surface area contributed by atoms with Crippen molar-refractivity contribution in [2.75, 3.05) is 26.2 Å². The molecule has 1 N–H and O–H groups in total. The number of carbonyl (C=O) groups excluding carboxylic acids is 1. The number of aryl methyl sites for hydroxylation is 1. The third-order valence-electron chi connectivity index (χ3n) is 6.47. The summed E-state index contributed by atoms with van der Waals surface area (Å²) < 4.78 is 0. The first-order valence-corrected chi connectivity index (χ1v) is 11.2. The van der Waals surface area contributed by atoms with Crippen molar-refractivity contribution < 1.29 is 4.79 Å². The van der Waals surface area contributed by atoms with Crippen molar-refractivity contribution in [2.45, 2.75) is 44.4 Å². The van der Waals surface area contributed by atoms with Crippen molar-refractivity contribution in [3.05, 3.63) is 64.4 Å². The molecule has 4 rings (SSSR count). The smallest absolute Gasteiger partial charge is 0.227 e. The van der Waals surface area contributed by atoms with E-state index >= 15 is 0 Å². The molecule has 1 aromatic carbocycles. The lowest BCUT2D eigenvalue weighted by molar-refractivity contribution is -0.136. The number of hydrogen-bond donors (Lipinski definition) is 1. The van der Waals surface area contributed by atoms with Crippen LogP contribution in [0.1, 0.15) is 54.8 Å². The number of amides is 1. The van der Waals surface area contributed by atoms with Crippen LogP contribution in [0.25, 0.3) is 0 Å². The van der Waals surface area contributed by atoms with Crippen LogP contribution < -0.4 is 5.32 Å². The van der Waals surface area contributed by atoms with Gasteiger partial charge in [0.1, 0.15) is 5.15 Å². The van der Waals surface area contributed by atoms with E-state index in [0.717, 1.165) is 57.6 Å². The molecule has 0 spiro atoms. The molecular formula is C24H30ClN3O. The Morgan fingerprint density at radius 1 is 1.14 bits per heavy atom. The van der Waals surface area contributed by atoms with E-state index in [1.54, 1.807) is 0 Å². The average Bonchev–Trinajstić information content (AvgIpc) is 3.24. The zero-order chi connectivity index (χ0) is 20.2. The fourth-order valence-electron chi connectivity index (χ4n) is 4.92. The zero-order valence-corrected chi connectivity index (χ0v) is 17.9. The van der Waals surface area contributed by atoms with Gasteiger partial charge in [-0.25, -0.2) is 4.98 Å². The monoisotopic (exact) mass is 411 g/mol. The van der Waals surface area contributed by atoms with Crippen LogP contribution in [0.15, 0.2) is 42.5 Å². The van der Waals surface area contributed by atoms with Gasteiger partial charge in [0.25, 0.3) is 0 Å². The lowest BCUT2D eigenvalue weighted by atomic mass is 9.84. The van der Waals surface area contributed by atoms with E-state index in [0.29, 0.717) is 17.0 Å². The minimum atomic E-state index is -0.0122. The highest BCUT2D eigenvalue weighted by molar-refractivity contribution is 6.29. The second-order valence-electron chi connectivity index (χ2n) is 8.30. The highest BCUT2D eigenvalue weighted by Gasteiger charge is 2.38. The van der Waals surface area contributed by atoms with Crippen molar-refractivity contribution >= 4 is 17.5 Å². The van der Waals surface area contributed by atoms with Gasteiger partial charge >= 0.3 is 0 Å². The number of aromatic nitrogens is 1. The summed E-state index contributed by atoms with van der Waals surface area (Å²) in [4.78, 5) is 20.1. The number of halogens is 1. The van der Waals surface area contributed by atoms with Crippen LogP contribution in [0, 0.1) is 5.92 Å². The minimum absolute atomic E-state index is 0.0122. The number of likely N-dealkylation sites (tertiary alicyclic amines) is 1. The molecule has 2 aromatic rings. The molecular weight excluding hydrogens is 382 g/mol. The Kier molecular flexibility index (Phi) is 6.51. The number of carbonyl (C=O) groups is 1. The zero-order valence-electron chi connectivity index (χ0n) is 17.1. The maximum Gasteiger partial charge on any atom is 0.227 e. The van der Waals surface area contributed by atoms with E-state index in [4.69, 9.17) is 11.6 Å². The molecule has 2 fully saturated rings. The van der Waals surface area contributed by atoms with Crippen LogP contribution in [0.5, 0.6) is 0 Å². The molecule has 1 amide bonds. The summed E-state index contributed by atoms with van der Waals surface area (Å²) in [5.41, 5.74) is 3.64. The number of hydrogen-bond acceptors (Lipinski definition) is 3. The molecule has 2 aliphatic rings. The van der Waals surface area contributed by atoms with Gasteiger partial charge in [0.05, 0.1) is 5.92 Å². The molecule has 2 saturated heterocycles. The molecule has 2 aliphatic heterocycles. The van der Waals surface area contributed by atoms with Crippen molar-refractivity contribution in [2.24, 2.45) is 5.92 Å². The second kappa shape index (κ2) is 9.27. The molecule has 0 aliphatic carbocycles. The predicted molar refractivity (Wildman–Crippen MR) is 117 cm³/mol. The molecule has 29 heavy (non-hydrogen) atoms. The lowest BCUT2D eigenvalue weighted by Gasteiger charge is -2.35. The summed E-state index contributed by atoms with van der Waals surface area (Å²) in [6.45, 7) is 5.43. The summed E-state index contributed by atoms with van der Waals surface area (Å²) in [6, 6.07) is 14.6. The highest BCUT2D eigenvalue weighted by atomic mass is 35.5. The van der Waals surface area contributed by atoms with Gasteiger partial charge in [-0.1, -0.05) is 61.3 Å². The van der Waals surface area contributed by atoms with Crippen molar-refractivity contribution in [3.63, 3.8) is 0 Å². The van der Waals surface area contributed by atoms with Crippen LogP contribution in [-0.4, -0.2) is 42.0 Å². The third-order valence-corrected chi connectivity index (χ3v) is 6.68. The Morgan fingerprint density at radius 2 is 1.90 bits per heavy atom. The van der Waals surface area contributed by atoms with Gasteiger partial charge in [-0.15, -0.1) is 0 Å². The van der Waals surface area contributed by atoms with Gasteiger partial charge < -0.3 is 10.2 Å². The summed E-state index contributed by atoms with van der Waals surface area (Å²) in [5.74, 6) is 1.03. The summed E-state index contributed by atoms with van der Waals surface area (Å²) in [7, 11) is 0. The quantitative estimate of drug-likeness (QED) is 0.742. The molecule has 2 atom stereocenters. The van der Waals surface area contributed by atoms with E-state index in [9.17, 15) is 4.79 Å². The number of benzene rings is 1. The Bertz CT molecular complexity index is 833. The maximum absolute atomic E-state index is 13.4. The lowest BCUT2D eigenvalue weighted by Crippen LogP contribution is -2.43. The molecule has 0 saturated carbocycles. The van der Waals surface area contributed by atoms with Crippen LogP contribution in [-0.2, 0) is 11.2 Å². The summed E-state index contributed by atoms with van der Waals surface area (Å²) >= 11 is 6.14. The van der Waals surface area contributed by atoms with Crippen LogP contribution in [0.3, 0.4) is 0 Å². The van der Waals surface area contributed by atoms with E-state index < -0.39 is 0 Å². The summed E-state index contributed by atoms with van der Waals surface area (Å²) in [6.07, 6.45) is 4.01. The van der Waals surface area contributed by atoms with Crippen LogP contribution >= 0.6 is 11.6 Å². The molecule has 154 valence electrons. The molecule has 0 radical (unpaired) electrons. The average molecular weight is 412 g/mol. The molecule has 0 bridgehead atoms. The Morgan fingerprint density at radius 3 is 2.62 bits per heavy atom. The summed E-state index contributed by atoms with van der Waals surface area (Å²) in [5, 5.41) is 3.99. The Labute approximate surface area is 178 Å². The first-order valence-electron chi connectivity index (χ1n) is 10.9. The van der Waals surface area contributed by atoms with Gasteiger partial charge in [-0.2, -0.15) is 0 Å². The van der Waals surface area contributed by atoms with Gasteiger partial charge in [-0.3, -0.25) is 4.79 Å². The number of piperidine rings is 1. The Hall–Kier alpha value is -1.91. The number of nitrogens with zero attached hydrogens (tertiary/aromatic N) is 2. The normalized spacial score (nSPS) is 22.8. The largest absolute Gasteiger partial charge is 0.342 e. The Balaban J connectivity index is 1.45. The molecule has 1 aromatic heterocycles. The third kappa shape index (κ3) is 4.49. The van der Waals surface area contributed by atoms with E-state index in [1.165, 1.54) is 11.1 Å². The maximum atomic E-state index is 13.4. The molecule has 5 heteroatoms. The molecule has 1 unspecified atom stereocenters. The van der Waals surface area contributed by atoms with Gasteiger partial charge in [0, 0.05) is 37.8 Å². The van der Waals surface area contributed by atoms with Gasteiger partial charge in [0.15, 0.2) is 0 Å².